The number of esters is 2. The summed E-state index contributed by atoms with van der Waals surface area (Å²) >= 11 is 0. The maximum absolute atomic E-state index is 12.8. The van der Waals surface area contributed by atoms with Crippen molar-refractivity contribution in [1.29, 1.82) is 0 Å². The second-order valence-corrected chi connectivity index (χ2v) is 8.49. The van der Waals surface area contributed by atoms with Crippen LogP contribution in [0, 0.1) is 0 Å². The van der Waals surface area contributed by atoms with Gasteiger partial charge in [0.25, 0.3) is 0 Å². The third-order valence-corrected chi connectivity index (χ3v) is 6.00. The van der Waals surface area contributed by atoms with Crippen LogP contribution in [0.3, 0.4) is 0 Å². The van der Waals surface area contributed by atoms with E-state index >= 15 is 0 Å². The molecule has 3 aromatic carbocycles. The fraction of sp³-hybridized carbons (Fsp3) is 0.286. The van der Waals surface area contributed by atoms with E-state index in [4.69, 9.17) is 9.47 Å². The highest BCUT2D eigenvalue weighted by molar-refractivity contribution is 6.18. The Morgan fingerprint density at radius 1 is 0.706 bits per heavy atom. The molecule has 2 heterocycles. The Kier molecular flexibility index (Phi) is 6.87. The van der Waals surface area contributed by atoms with Gasteiger partial charge in [-0.15, -0.1) is 0 Å². The quantitative estimate of drug-likeness (QED) is 0.356. The molecule has 0 aromatic heterocycles. The van der Waals surface area contributed by atoms with Gasteiger partial charge in [-0.3, -0.25) is 9.59 Å². The first-order chi connectivity index (χ1) is 16.4. The standard InChI is InChI=1S/C28H26O6/c1-17(29)24-16-22-15-21-10-11-23(22)26(25(24)18(2)30)19-8-7-9-20(14-19)27(31)33-12-5-3-4-6-13-34-28(21)32/h7-11,14-16H,3-6,12-13H2,1-2H3. The number of benzene rings is 3. The fourth-order valence-electron chi connectivity index (χ4n) is 4.33. The zero-order valence-electron chi connectivity index (χ0n) is 19.3. The number of ketones is 2. The van der Waals surface area contributed by atoms with Crippen molar-refractivity contribution in [3.63, 3.8) is 0 Å². The predicted octanol–water partition coefficient (Wildman–Crippen LogP) is 5.80. The highest BCUT2D eigenvalue weighted by Gasteiger charge is 2.22. The molecule has 0 saturated heterocycles. The average molecular weight is 459 g/mol. The zero-order valence-corrected chi connectivity index (χ0v) is 19.3. The molecule has 174 valence electrons. The van der Waals surface area contributed by atoms with Crippen molar-refractivity contribution in [3.8, 4) is 11.1 Å². The minimum Gasteiger partial charge on any atom is -0.462 e. The number of Topliss-reactive ketones (excluding diaryl/α,β-unsaturated/α-hetero) is 2. The molecule has 0 aliphatic carbocycles. The van der Waals surface area contributed by atoms with Crippen molar-refractivity contribution >= 4 is 34.3 Å². The molecule has 34 heavy (non-hydrogen) atoms. The maximum atomic E-state index is 12.8. The van der Waals surface area contributed by atoms with Crippen molar-refractivity contribution in [1.82, 2.24) is 0 Å². The van der Waals surface area contributed by atoms with Gasteiger partial charge < -0.3 is 9.47 Å². The van der Waals surface area contributed by atoms with Crippen molar-refractivity contribution in [3.05, 3.63) is 70.8 Å². The maximum Gasteiger partial charge on any atom is 0.338 e. The molecule has 0 saturated carbocycles. The monoisotopic (exact) mass is 458 g/mol. The van der Waals surface area contributed by atoms with Gasteiger partial charge in [-0.1, -0.05) is 18.2 Å². The molecule has 0 radical (unpaired) electrons. The van der Waals surface area contributed by atoms with E-state index in [1.807, 2.05) is 0 Å². The molecular formula is C28H26O6. The van der Waals surface area contributed by atoms with Crippen LogP contribution in [0.4, 0.5) is 0 Å². The first-order valence-corrected chi connectivity index (χ1v) is 11.4. The molecule has 2 aliphatic rings. The first-order valence-electron chi connectivity index (χ1n) is 11.4. The molecule has 5 rings (SSSR count). The number of ether oxygens (including phenoxy) is 2. The van der Waals surface area contributed by atoms with Crippen LogP contribution in [0.25, 0.3) is 21.9 Å². The van der Waals surface area contributed by atoms with Crippen LogP contribution in [0.15, 0.2) is 48.5 Å². The Balaban J connectivity index is 1.99. The summed E-state index contributed by atoms with van der Waals surface area (Å²) in [6.45, 7) is 3.42. The van der Waals surface area contributed by atoms with Crippen molar-refractivity contribution in [2.45, 2.75) is 39.5 Å². The molecule has 6 heteroatoms. The van der Waals surface area contributed by atoms with Gasteiger partial charge in [0.2, 0.25) is 0 Å². The highest BCUT2D eigenvalue weighted by atomic mass is 16.5. The van der Waals surface area contributed by atoms with Crippen LogP contribution in [-0.4, -0.2) is 36.7 Å². The first kappa shape index (κ1) is 23.4. The van der Waals surface area contributed by atoms with Gasteiger partial charge in [-0.05, 0) is 86.2 Å². The lowest BCUT2D eigenvalue weighted by atomic mass is 9.86. The van der Waals surface area contributed by atoms with Crippen LogP contribution in [0.5, 0.6) is 0 Å². The largest absolute Gasteiger partial charge is 0.462 e. The van der Waals surface area contributed by atoms with E-state index in [9.17, 15) is 19.2 Å². The van der Waals surface area contributed by atoms with Gasteiger partial charge in [0.1, 0.15) is 0 Å². The molecule has 0 N–H and O–H groups in total. The van der Waals surface area contributed by atoms with Gasteiger partial charge >= 0.3 is 11.9 Å². The van der Waals surface area contributed by atoms with Crippen LogP contribution >= 0.6 is 0 Å². The number of carbonyl (C=O) groups excluding carboxylic acids is 4. The fourth-order valence-corrected chi connectivity index (χ4v) is 4.33. The summed E-state index contributed by atoms with van der Waals surface area (Å²) in [5.41, 5.74) is 2.46. The van der Waals surface area contributed by atoms with E-state index in [1.165, 1.54) is 13.8 Å². The smallest absolute Gasteiger partial charge is 0.338 e. The molecular weight excluding hydrogens is 432 g/mol. The highest BCUT2D eigenvalue weighted by Crippen LogP contribution is 2.36. The zero-order chi connectivity index (χ0) is 24.2. The van der Waals surface area contributed by atoms with Crippen LogP contribution in [0.2, 0.25) is 0 Å². The average Bonchev–Trinajstić information content (AvgIpc) is 2.83. The van der Waals surface area contributed by atoms with Crippen LogP contribution < -0.4 is 0 Å². The molecule has 0 spiro atoms. The molecule has 0 unspecified atom stereocenters. The summed E-state index contributed by atoms with van der Waals surface area (Å²) in [5.74, 6) is -1.39. The number of hydrogen-bond acceptors (Lipinski definition) is 6. The molecule has 3 aromatic rings. The summed E-state index contributed by atoms with van der Waals surface area (Å²) in [7, 11) is 0. The topological polar surface area (TPSA) is 86.7 Å². The summed E-state index contributed by atoms with van der Waals surface area (Å²) in [5, 5.41) is 1.33. The van der Waals surface area contributed by atoms with Crippen LogP contribution in [-0.2, 0) is 9.47 Å². The van der Waals surface area contributed by atoms with Crippen molar-refractivity contribution < 1.29 is 28.7 Å². The van der Waals surface area contributed by atoms with Crippen molar-refractivity contribution in [2.24, 2.45) is 0 Å². The Morgan fingerprint density at radius 2 is 1.32 bits per heavy atom. The van der Waals surface area contributed by atoms with E-state index in [0.29, 0.717) is 46.2 Å². The van der Waals surface area contributed by atoms with E-state index in [2.05, 4.69) is 0 Å². The Hall–Kier alpha value is -3.80. The molecule has 2 aliphatic heterocycles. The predicted molar refractivity (Wildman–Crippen MR) is 128 cm³/mol. The van der Waals surface area contributed by atoms with Gasteiger partial charge in [0.05, 0.1) is 24.3 Å². The molecule has 0 fully saturated rings. The van der Waals surface area contributed by atoms with Gasteiger partial charge in [-0.2, -0.15) is 0 Å². The number of fused-ring (bicyclic) bond motifs is 10. The second kappa shape index (κ2) is 10.00. The number of rotatable bonds is 2. The number of carbonyl (C=O) groups is 4. The van der Waals surface area contributed by atoms with E-state index in [0.717, 1.165) is 25.7 Å². The Bertz CT molecular complexity index is 1300. The minimum absolute atomic E-state index is 0.263. The molecule has 6 bridgehead atoms. The Morgan fingerprint density at radius 3 is 1.94 bits per heavy atom. The lowest BCUT2D eigenvalue weighted by molar-refractivity contribution is 0.0474. The van der Waals surface area contributed by atoms with E-state index in [-0.39, 0.29) is 22.7 Å². The Labute approximate surface area is 197 Å². The molecule has 0 atom stereocenters. The summed E-state index contributed by atoms with van der Waals surface area (Å²) < 4.78 is 10.9. The van der Waals surface area contributed by atoms with Crippen LogP contribution in [0.1, 0.15) is 81.0 Å². The minimum atomic E-state index is -0.435. The summed E-state index contributed by atoms with van der Waals surface area (Å²) in [4.78, 5) is 50.6. The van der Waals surface area contributed by atoms with E-state index < -0.39 is 11.9 Å². The van der Waals surface area contributed by atoms with Crippen molar-refractivity contribution in [2.75, 3.05) is 13.2 Å². The van der Waals surface area contributed by atoms with Gasteiger partial charge in [0, 0.05) is 16.7 Å². The normalized spacial score (nSPS) is 14.9. The third kappa shape index (κ3) is 4.76. The lowest BCUT2D eigenvalue weighted by Crippen LogP contribution is -2.10. The second-order valence-electron chi connectivity index (χ2n) is 8.49. The molecule has 0 amide bonds. The lowest BCUT2D eigenvalue weighted by Gasteiger charge is -2.17. The van der Waals surface area contributed by atoms with Gasteiger partial charge in [-0.25, -0.2) is 9.59 Å². The molecule has 6 nitrogen and oxygen atoms in total. The van der Waals surface area contributed by atoms with E-state index in [1.54, 1.807) is 48.5 Å². The third-order valence-electron chi connectivity index (χ3n) is 6.00. The number of hydrogen-bond donors (Lipinski definition) is 0. The van der Waals surface area contributed by atoms with Gasteiger partial charge in [0.15, 0.2) is 11.6 Å². The summed E-state index contributed by atoms with van der Waals surface area (Å²) in [6, 6.07) is 13.6. The SMILES string of the molecule is CC(=O)c1cc2cc3ccc2c(c1C(C)=O)-c1cccc(c1)C(=O)OCCCCCCOC3=O. The summed E-state index contributed by atoms with van der Waals surface area (Å²) in [6.07, 6.45) is 3.15.